The second-order valence-electron chi connectivity index (χ2n) is 4.64. The number of halogens is 2. The summed E-state index contributed by atoms with van der Waals surface area (Å²) in [6.07, 6.45) is 1.06. The predicted octanol–water partition coefficient (Wildman–Crippen LogP) is 1.25. The van der Waals surface area contributed by atoms with Crippen molar-refractivity contribution in [2.75, 3.05) is 6.54 Å². The third-order valence-electron chi connectivity index (χ3n) is 2.88. The Hall–Kier alpha value is -1.89. The van der Waals surface area contributed by atoms with Gasteiger partial charge in [0.05, 0.1) is 7.05 Å². The van der Waals surface area contributed by atoms with E-state index in [2.05, 4.69) is 20.7 Å². The lowest BCUT2D eigenvalue weighted by Gasteiger charge is -2.16. The molecule has 108 valence electrons. The van der Waals surface area contributed by atoms with Crippen molar-refractivity contribution < 1.29 is 8.78 Å². The van der Waals surface area contributed by atoms with E-state index in [1.165, 1.54) is 16.9 Å². The van der Waals surface area contributed by atoms with Crippen molar-refractivity contribution in [2.45, 2.75) is 25.8 Å². The quantitative estimate of drug-likeness (QED) is 0.866. The van der Waals surface area contributed by atoms with Crippen LogP contribution in [0.4, 0.5) is 8.78 Å². The van der Waals surface area contributed by atoms with Crippen LogP contribution >= 0.6 is 0 Å². The van der Waals surface area contributed by atoms with Crippen molar-refractivity contribution in [3.05, 3.63) is 41.2 Å². The normalized spacial score (nSPS) is 12.6. The van der Waals surface area contributed by atoms with Crippen LogP contribution in [0.5, 0.6) is 0 Å². The zero-order valence-electron chi connectivity index (χ0n) is 11.5. The topological polar surface area (TPSA) is 55.6 Å². The molecule has 2 rings (SSSR count). The highest BCUT2D eigenvalue weighted by molar-refractivity contribution is 5.19. The van der Waals surface area contributed by atoms with Crippen LogP contribution in [-0.2, 0) is 19.9 Å². The van der Waals surface area contributed by atoms with Gasteiger partial charge in [0.1, 0.15) is 11.6 Å². The van der Waals surface area contributed by atoms with Crippen LogP contribution in [0, 0.1) is 11.6 Å². The number of aromatic nitrogens is 4. The van der Waals surface area contributed by atoms with Crippen molar-refractivity contribution in [1.82, 2.24) is 25.5 Å². The average molecular weight is 281 g/mol. The minimum Gasteiger partial charge on any atom is -0.313 e. The van der Waals surface area contributed by atoms with Gasteiger partial charge in [-0.3, -0.25) is 0 Å². The van der Waals surface area contributed by atoms with E-state index in [-0.39, 0.29) is 6.04 Å². The van der Waals surface area contributed by atoms with E-state index in [1.54, 1.807) is 7.05 Å². The monoisotopic (exact) mass is 281 g/mol. The van der Waals surface area contributed by atoms with Gasteiger partial charge in [0.2, 0.25) is 0 Å². The summed E-state index contributed by atoms with van der Waals surface area (Å²) < 4.78 is 26.4. The standard InChI is InChI=1S/C13H17F2N5/c1-3-16-12(8-13-17-19-20(2)18-13)6-9-4-10(14)7-11(15)5-9/h4-5,7,12,16H,3,6,8H2,1-2H3. The van der Waals surface area contributed by atoms with E-state index in [0.717, 1.165) is 12.6 Å². The minimum atomic E-state index is -0.562. The Morgan fingerprint density at radius 2 is 1.90 bits per heavy atom. The van der Waals surface area contributed by atoms with Gasteiger partial charge in [-0.1, -0.05) is 6.92 Å². The predicted molar refractivity (Wildman–Crippen MR) is 70.0 cm³/mol. The van der Waals surface area contributed by atoms with Gasteiger partial charge in [-0.2, -0.15) is 4.80 Å². The first-order chi connectivity index (χ1) is 9.56. The van der Waals surface area contributed by atoms with Crippen molar-refractivity contribution in [2.24, 2.45) is 7.05 Å². The number of hydrogen-bond donors (Lipinski definition) is 1. The van der Waals surface area contributed by atoms with E-state index >= 15 is 0 Å². The molecule has 0 aliphatic carbocycles. The van der Waals surface area contributed by atoms with E-state index in [0.29, 0.717) is 24.2 Å². The van der Waals surface area contributed by atoms with Gasteiger partial charge < -0.3 is 5.32 Å². The highest BCUT2D eigenvalue weighted by Gasteiger charge is 2.14. The van der Waals surface area contributed by atoms with Crippen LogP contribution in [-0.4, -0.2) is 32.8 Å². The fourth-order valence-electron chi connectivity index (χ4n) is 2.14. The number of rotatable bonds is 6. The molecule has 7 heteroatoms. The third-order valence-corrected chi connectivity index (χ3v) is 2.88. The number of nitrogens with one attached hydrogen (secondary N) is 1. The number of likely N-dealkylation sites (N-methyl/N-ethyl adjacent to an activating group) is 1. The fraction of sp³-hybridized carbons (Fsp3) is 0.462. The van der Waals surface area contributed by atoms with E-state index in [1.807, 2.05) is 6.92 Å². The summed E-state index contributed by atoms with van der Waals surface area (Å²) >= 11 is 0. The van der Waals surface area contributed by atoms with Crippen LogP contribution in [0.1, 0.15) is 18.3 Å². The molecule has 0 saturated heterocycles. The van der Waals surface area contributed by atoms with Gasteiger partial charge in [0.25, 0.3) is 0 Å². The summed E-state index contributed by atoms with van der Waals surface area (Å²) in [5.41, 5.74) is 0.609. The SMILES string of the molecule is CCNC(Cc1cc(F)cc(F)c1)Cc1nnn(C)n1. The maximum absolute atomic E-state index is 13.2. The maximum Gasteiger partial charge on any atom is 0.176 e. The van der Waals surface area contributed by atoms with E-state index in [9.17, 15) is 8.78 Å². The first kappa shape index (κ1) is 14.5. The molecule has 5 nitrogen and oxygen atoms in total. The van der Waals surface area contributed by atoms with E-state index < -0.39 is 11.6 Å². The molecule has 0 radical (unpaired) electrons. The van der Waals surface area contributed by atoms with Gasteiger partial charge in [-0.15, -0.1) is 10.2 Å². The van der Waals surface area contributed by atoms with Crippen LogP contribution in [0.3, 0.4) is 0 Å². The summed E-state index contributed by atoms with van der Waals surface area (Å²) in [5, 5.41) is 15.1. The largest absolute Gasteiger partial charge is 0.313 e. The second-order valence-corrected chi connectivity index (χ2v) is 4.64. The van der Waals surface area contributed by atoms with Crippen molar-refractivity contribution in [1.29, 1.82) is 0 Å². The molecule has 1 heterocycles. The number of nitrogens with zero attached hydrogens (tertiary/aromatic N) is 4. The Labute approximate surface area is 116 Å². The highest BCUT2D eigenvalue weighted by Crippen LogP contribution is 2.11. The summed E-state index contributed by atoms with van der Waals surface area (Å²) in [5.74, 6) is -0.518. The Balaban J connectivity index is 2.08. The first-order valence-corrected chi connectivity index (χ1v) is 6.48. The Morgan fingerprint density at radius 1 is 1.20 bits per heavy atom. The molecule has 1 N–H and O–H groups in total. The molecule has 0 saturated carbocycles. The van der Waals surface area contributed by atoms with Gasteiger partial charge in [-0.05, 0) is 35.9 Å². The molecular formula is C13H17F2N5. The lowest BCUT2D eigenvalue weighted by atomic mass is 10.0. The van der Waals surface area contributed by atoms with Gasteiger partial charge in [-0.25, -0.2) is 8.78 Å². The van der Waals surface area contributed by atoms with Gasteiger partial charge in [0, 0.05) is 18.5 Å². The Bertz CT molecular complexity index is 549. The zero-order valence-corrected chi connectivity index (χ0v) is 11.5. The molecule has 20 heavy (non-hydrogen) atoms. The summed E-state index contributed by atoms with van der Waals surface area (Å²) in [6.45, 7) is 2.73. The first-order valence-electron chi connectivity index (χ1n) is 6.48. The molecule has 0 aliphatic rings. The molecule has 0 aliphatic heterocycles. The van der Waals surface area contributed by atoms with Crippen LogP contribution in [0.15, 0.2) is 18.2 Å². The molecule has 0 spiro atoms. The second kappa shape index (κ2) is 6.51. The van der Waals surface area contributed by atoms with Crippen molar-refractivity contribution >= 4 is 0 Å². The fourth-order valence-corrected chi connectivity index (χ4v) is 2.14. The van der Waals surface area contributed by atoms with Gasteiger partial charge >= 0.3 is 0 Å². The van der Waals surface area contributed by atoms with Crippen molar-refractivity contribution in [3.8, 4) is 0 Å². The molecule has 0 amide bonds. The summed E-state index contributed by atoms with van der Waals surface area (Å²) in [4.78, 5) is 1.39. The lowest BCUT2D eigenvalue weighted by Crippen LogP contribution is -2.33. The molecular weight excluding hydrogens is 264 g/mol. The smallest absolute Gasteiger partial charge is 0.176 e. The zero-order chi connectivity index (χ0) is 14.5. The Morgan fingerprint density at radius 3 is 2.45 bits per heavy atom. The average Bonchev–Trinajstić information content (AvgIpc) is 2.73. The highest BCUT2D eigenvalue weighted by atomic mass is 19.1. The number of tetrazole rings is 1. The molecule has 0 fully saturated rings. The van der Waals surface area contributed by atoms with Crippen LogP contribution < -0.4 is 5.32 Å². The third kappa shape index (κ3) is 4.06. The number of benzene rings is 1. The molecule has 2 aromatic rings. The van der Waals surface area contributed by atoms with Crippen molar-refractivity contribution in [3.63, 3.8) is 0 Å². The molecule has 1 atom stereocenters. The molecule has 1 aromatic carbocycles. The van der Waals surface area contributed by atoms with E-state index in [4.69, 9.17) is 0 Å². The lowest BCUT2D eigenvalue weighted by molar-refractivity contribution is 0.504. The maximum atomic E-state index is 13.2. The summed E-state index contributed by atoms with van der Waals surface area (Å²) in [6, 6.07) is 3.57. The van der Waals surface area contributed by atoms with Gasteiger partial charge in [0.15, 0.2) is 5.82 Å². The van der Waals surface area contributed by atoms with Crippen LogP contribution in [0.2, 0.25) is 0 Å². The summed E-state index contributed by atoms with van der Waals surface area (Å²) in [7, 11) is 1.70. The molecule has 0 bridgehead atoms. The minimum absolute atomic E-state index is 0.00500. The molecule has 1 aromatic heterocycles. The molecule has 1 unspecified atom stereocenters. The number of aryl methyl sites for hydroxylation is 1. The van der Waals surface area contributed by atoms with Crippen LogP contribution in [0.25, 0.3) is 0 Å². The Kier molecular flexibility index (Phi) is 4.73. The number of hydrogen-bond acceptors (Lipinski definition) is 4.